The van der Waals surface area contributed by atoms with E-state index in [0.29, 0.717) is 16.6 Å². The fraction of sp³-hybridized carbons (Fsp3) is 0.278. The first kappa shape index (κ1) is 16.1. The summed E-state index contributed by atoms with van der Waals surface area (Å²) in [5, 5.41) is 2.86. The van der Waals surface area contributed by atoms with Crippen molar-refractivity contribution in [3.05, 3.63) is 69.4 Å². The molecule has 120 valence electrons. The molecule has 0 radical (unpaired) electrons. The Labute approximate surface area is 143 Å². The van der Waals surface area contributed by atoms with Crippen molar-refractivity contribution >= 4 is 21.8 Å². The van der Waals surface area contributed by atoms with Crippen LogP contribution in [0.2, 0.25) is 0 Å². The molecular weight excluding hydrogens is 359 g/mol. The largest absolute Gasteiger partial charge is 0.351 e. The highest BCUT2D eigenvalue weighted by atomic mass is 79.9. The minimum absolute atomic E-state index is 0.256. The summed E-state index contributed by atoms with van der Waals surface area (Å²) in [6, 6.07) is 12.6. The molecule has 2 aromatic carbocycles. The highest BCUT2D eigenvalue weighted by molar-refractivity contribution is 9.10. The third-order valence-electron chi connectivity index (χ3n) is 4.10. The fourth-order valence-corrected chi connectivity index (χ4v) is 3.27. The van der Waals surface area contributed by atoms with Crippen LogP contribution in [0, 0.1) is 5.82 Å². The Morgan fingerprint density at radius 1 is 1.22 bits per heavy atom. The molecule has 0 aromatic heterocycles. The minimum atomic E-state index is -0.411. The number of fused-ring (bicyclic) bond motifs is 1. The van der Waals surface area contributed by atoms with Gasteiger partial charge in [-0.1, -0.05) is 24.3 Å². The average molecular weight is 377 g/mol. The van der Waals surface area contributed by atoms with Gasteiger partial charge in [0.15, 0.2) is 0 Å². The normalized spacial score (nSPS) is 14.3. The Bertz CT molecular complexity index is 720. The van der Waals surface area contributed by atoms with Crippen molar-refractivity contribution in [2.24, 2.45) is 0 Å². The van der Waals surface area contributed by atoms with Crippen LogP contribution in [0.4, 0.5) is 4.39 Å². The Hall–Kier alpha value is -1.72. The van der Waals surface area contributed by atoms with E-state index in [1.807, 2.05) is 0 Å². The predicted molar refractivity (Wildman–Crippen MR) is 91.9 cm³/mol. The number of nitrogens with one attached hydrogen (secondary N) is 1. The summed E-state index contributed by atoms with van der Waals surface area (Å²) in [4.78, 5) is 14.5. The lowest BCUT2D eigenvalue weighted by Crippen LogP contribution is -2.37. The van der Waals surface area contributed by atoms with Crippen molar-refractivity contribution in [2.45, 2.75) is 13.0 Å². The van der Waals surface area contributed by atoms with E-state index in [0.717, 1.165) is 26.1 Å². The molecule has 0 fully saturated rings. The van der Waals surface area contributed by atoms with Crippen molar-refractivity contribution in [1.82, 2.24) is 10.2 Å². The molecule has 0 aliphatic carbocycles. The van der Waals surface area contributed by atoms with Crippen molar-refractivity contribution in [3.8, 4) is 0 Å². The zero-order valence-electron chi connectivity index (χ0n) is 12.7. The lowest BCUT2D eigenvalue weighted by atomic mass is 10.00. The van der Waals surface area contributed by atoms with Gasteiger partial charge in [-0.3, -0.25) is 9.69 Å². The van der Waals surface area contributed by atoms with E-state index < -0.39 is 5.82 Å². The maximum atomic E-state index is 13.3. The third kappa shape index (κ3) is 3.98. The number of halogens is 2. The molecule has 1 amide bonds. The van der Waals surface area contributed by atoms with E-state index in [4.69, 9.17) is 0 Å². The SMILES string of the molecule is O=C(NCCN1CCc2ccccc2C1)c1cc(F)ccc1Br. The molecule has 2 aromatic rings. The molecule has 0 saturated carbocycles. The number of carbonyl (C=O) groups excluding carboxylic acids is 1. The van der Waals surface area contributed by atoms with E-state index in [1.54, 1.807) is 6.07 Å². The molecule has 23 heavy (non-hydrogen) atoms. The number of nitrogens with zero attached hydrogens (tertiary/aromatic N) is 1. The molecular formula is C18H18BrFN2O. The van der Waals surface area contributed by atoms with Crippen LogP contribution in [0.3, 0.4) is 0 Å². The fourth-order valence-electron chi connectivity index (χ4n) is 2.84. The van der Waals surface area contributed by atoms with Gasteiger partial charge in [-0.25, -0.2) is 4.39 Å². The van der Waals surface area contributed by atoms with Crippen LogP contribution < -0.4 is 5.32 Å². The van der Waals surface area contributed by atoms with Crippen LogP contribution in [0.1, 0.15) is 21.5 Å². The van der Waals surface area contributed by atoms with E-state index in [9.17, 15) is 9.18 Å². The number of rotatable bonds is 4. The van der Waals surface area contributed by atoms with Gasteiger partial charge in [-0.15, -0.1) is 0 Å². The third-order valence-corrected chi connectivity index (χ3v) is 4.79. The molecule has 0 spiro atoms. The summed E-state index contributed by atoms with van der Waals surface area (Å²) < 4.78 is 13.9. The number of carbonyl (C=O) groups is 1. The number of hydrogen-bond donors (Lipinski definition) is 1. The van der Waals surface area contributed by atoms with Gasteiger partial charge in [0.1, 0.15) is 5.82 Å². The molecule has 0 unspecified atom stereocenters. The lowest BCUT2D eigenvalue weighted by Gasteiger charge is -2.28. The molecule has 1 aliphatic rings. The molecule has 1 N–H and O–H groups in total. The summed E-state index contributed by atoms with van der Waals surface area (Å²) >= 11 is 3.28. The van der Waals surface area contributed by atoms with Gasteiger partial charge in [-0.2, -0.15) is 0 Å². The molecule has 0 saturated heterocycles. The summed E-state index contributed by atoms with van der Waals surface area (Å²) in [7, 11) is 0. The van der Waals surface area contributed by atoms with Crippen LogP contribution in [-0.4, -0.2) is 30.4 Å². The van der Waals surface area contributed by atoms with Gasteiger partial charge in [0.05, 0.1) is 5.56 Å². The molecule has 3 nitrogen and oxygen atoms in total. The second-order valence-corrected chi connectivity index (χ2v) is 6.53. The van der Waals surface area contributed by atoms with Crippen LogP contribution in [0.5, 0.6) is 0 Å². The van der Waals surface area contributed by atoms with Gasteiger partial charge in [0.2, 0.25) is 0 Å². The zero-order valence-corrected chi connectivity index (χ0v) is 14.3. The molecule has 0 bridgehead atoms. The van der Waals surface area contributed by atoms with Crippen LogP contribution in [-0.2, 0) is 13.0 Å². The Morgan fingerprint density at radius 2 is 2.00 bits per heavy atom. The summed E-state index contributed by atoms with van der Waals surface area (Å²) in [5.41, 5.74) is 3.10. The van der Waals surface area contributed by atoms with E-state index >= 15 is 0 Å². The summed E-state index contributed by atoms with van der Waals surface area (Å²) in [6.07, 6.45) is 1.04. The van der Waals surface area contributed by atoms with Gasteiger partial charge in [-0.05, 0) is 51.7 Å². The topological polar surface area (TPSA) is 32.3 Å². The van der Waals surface area contributed by atoms with Gasteiger partial charge in [0.25, 0.3) is 5.91 Å². The second-order valence-electron chi connectivity index (χ2n) is 5.67. The van der Waals surface area contributed by atoms with Crippen molar-refractivity contribution in [1.29, 1.82) is 0 Å². The number of amides is 1. The summed E-state index contributed by atoms with van der Waals surface area (Å²) in [6.45, 7) is 3.24. The van der Waals surface area contributed by atoms with Gasteiger partial charge in [0, 0.05) is 30.7 Å². The lowest BCUT2D eigenvalue weighted by molar-refractivity contribution is 0.0946. The first-order valence-electron chi connectivity index (χ1n) is 7.66. The van der Waals surface area contributed by atoms with E-state index in [-0.39, 0.29) is 5.91 Å². The Morgan fingerprint density at radius 3 is 2.83 bits per heavy atom. The highest BCUT2D eigenvalue weighted by Gasteiger charge is 2.16. The average Bonchev–Trinajstić information content (AvgIpc) is 2.57. The van der Waals surface area contributed by atoms with Gasteiger partial charge >= 0.3 is 0 Å². The van der Waals surface area contributed by atoms with E-state index in [2.05, 4.69) is 50.4 Å². The molecule has 0 atom stereocenters. The zero-order chi connectivity index (χ0) is 16.2. The Kier molecular flexibility index (Phi) is 5.08. The molecule has 1 heterocycles. The molecule has 1 aliphatic heterocycles. The van der Waals surface area contributed by atoms with Gasteiger partial charge < -0.3 is 5.32 Å². The quantitative estimate of drug-likeness (QED) is 0.886. The van der Waals surface area contributed by atoms with Crippen LogP contribution in [0.25, 0.3) is 0 Å². The van der Waals surface area contributed by atoms with E-state index in [1.165, 1.54) is 23.3 Å². The second kappa shape index (κ2) is 7.23. The molecule has 5 heteroatoms. The Balaban J connectivity index is 1.52. The number of hydrogen-bond acceptors (Lipinski definition) is 2. The summed E-state index contributed by atoms with van der Waals surface area (Å²) in [5.74, 6) is -0.667. The maximum Gasteiger partial charge on any atom is 0.252 e. The van der Waals surface area contributed by atoms with Crippen molar-refractivity contribution in [2.75, 3.05) is 19.6 Å². The predicted octanol–water partition coefficient (Wildman–Crippen LogP) is 3.38. The first-order chi connectivity index (χ1) is 11.1. The van der Waals surface area contributed by atoms with Crippen LogP contribution in [0.15, 0.2) is 46.9 Å². The minimum Gasteiger partial charge on any atom is -0.351 e. The van der Waals surface area contributed by atoms with Crippen molar-refractivity contribution in [3.63, 3.8) is 0 Å². The first-order valence-corrected chi connectivity index (χ1v) is 8.45. The molecule has 3 rings (SSSR count). The van der Waals surface area contributed by atoms with Crippen molar-refractivity contribution < 1.29 is 9.18 Å². The number of benzene rings is 2. The monoisotopic (exact) mass is 376 g/mol. The standard InChI is InChI=1S/C18H18BrFN2O/c19-17-6-5-15(20)11-16(17)18(23)21-8-10-22-9-7-13-3-1-2-4-14(13)12-22/h1-6,11H,7-10,12H2,(H,21,23). The highest BCUT2D eigenvalue weighted by Crippen LogP contribution is 2.19. The van der Waals surface area contributed by atoms with Crippen LogP contribution >= 0.6 is 15.9 Å². The maximum absolute atomic E-state index is 13.3. The smallest absolute Gasteiger partial charge is 0.252 e.